The van der Waals surface area contributed by atoms with E-state index in [-0.39, 0.29) is 0 Å². The normalized spacial score (nSPS) is 9.50. The van der Waals surface area contributed by atoms with Crippen molar-refractivity contribution in [1.29, 1.82) is 5.26 Å². The molecule has 3 heteroatoms. The van der Waals surface area contributed by atoms with Gasteiger partial charge in [-0.2, -0.15) is 5.26 Å². The Kier molecular flexibility index (Phi) is 4.34. The molecule has 0 heterocycles. The first-order valence-electron chi connectivity index (χ1n) is 4.48. The van der Waals surface area contributed by atoms with Crippen LogP contribution in [0.5, 0.6) is 5.75 Å². The fourth-order valence-electron chi connectivity index (χ4n) is 1.21. The smallest absolute Gasteiger partial charge is 0.119 e. The molecule has 0 unspecified atom stereocenters. The van der Waals surface area contributed by atoms with E-state index in [1.807, 2.05) is 18.2 Å². The van der Waals surface area contributed by atoms with E-state index in [0.29, 0.717) is 5.75 Å². The maximum absolute atomic E-state index is 8.50. The van der Waals surface area contributed by atoms with E-state index < -0.39 is 0 Å². The van der Waals surface area contributed by atoms with Crippen molar-refractivity contribution in [2.24, 2.45) is 0 Å². The molecule has 0 N–H and O–H groups in total. The average molecular weight is 207 g/mol. The number of hydrogen-bond donors (Lipinski definition) is 0. The maximum atomic E-state index is 8.50. The van der Waals surface area contributed by atoms with Crippen molar-refractivity contribution in [3.8, 4) is 11.8 Å². The summed E-state index contributed by atoms with van der Waals surface area (Å²) in [4.78, 5) is 1.18. The summed E-state index contributed by atoms with van der Waals surface area (Å²) >= 11 is 1.57. The number of rotatable bonds is 4. The fourth-order valence-corrected chi connectivity index (χ4v) is 1.98. The van der Waals surface area contributed by atoms with E-state index in [4.69, 9.17) is 10.00 Å². The van der Waals surface area contributed by atoms with Crippen LogP contribution in [0.3, 0.4) is 0 Å². The van der Waals surface area contributed by atoms with Gasteiger partial charge in [-0.25, -0.2) is 0 Å². The predicted octanol–water partition coefficient (Wildman–Crippen LogP) is 2.87. The molecule has 0 amide bonds. The highest BCUT2D eigenvalue weighted by molar-refractivity contribution is 7.99. The number of ether oxygens (including phenoxy) is 1. The molecule has 2 nitrogen and oxygen atoms in total. The monoisotopic (exact) mass is 207 g/mol. The predicted molar refractivity (Wildman–Crippen MR) is 58.7 cm³/mol. The second kappa shape index (κ2) is 5.56. The Bertz CT molecular complexity index is 344. The molecule has 0 bridgehead atoms. The first-order valence-corrected chi connectivity index (χ1v) is 5.47. The highest BCUT2D eigenvalue weighted by Crippen LogP contribution is 2.26. The van der Waals surface area contributed by atoms with Crippen molar-refractivity contribution < 1.29 is 4.74 Å². The number of aryl methyl sites for hydroxylation is 1. The van der Waals surface area contributed by atoms with Crippen molar-refractivity contribution in [1.82, 2.24) is 0 Å². The van der Waals surface area contributed by atoms with Gasteiger partial charge in [-0.1, -0.05) is 6.92 Å². The lowest BCUT2D eigenvalue weighted by atomic mass is 10.1. The summed E-state index contributed by atoms with van der Waals surface area (Å²) in [6.45, 7) is 2.10. The van der Waals surface area contributed by atoms with Gasteiger partial charge in [0.25, 0.3) is 0 Å². The Morgan fingerprint density at radius 3 is 2.86 bits per heavy atom. The fraction of sp³-hybridized carbons (Fsp3) is 0.364. The van der Waals surface area contributed by atoms with Crippen LogP contribution in [0.25, 0.3) is 0 Å². The standard InChI is InChI=1S/C11H13NOS/c1-3-9-8-10(13-2)4-5-11(9)14-7-6-12/h4-5,8H,3,7H2,1-2H3. The molecule has 0 saturated heterocycles. The molecule has 0 saturated carbocycles. The minimum absolute atomic E-state index is 0.499. The Hall–Kier alpha value is -1.14. The molecule has 0 aliphatic rings. The van der Waals surface area contributed by atoms with Crippen LogP contribution in [0.15, 0.2) is 23.1 Å². The Morgan fingerprint density at radius 1 is 1.50 bits per heavy atom. The van der Waals surface area contributed by atoms with Crippen molar-refractivity contribution in [3.63, 3.8) is 0 Å². The quantitative estimate of drug-likeness (QED) is 0.712. The molecule has 0 fully saturated rings. The molecular weight excluding hydrogens is 194 g/mol. The third kappa shape index (κ3) is 2.68. The summed E-state index contributed by atoms with van der Waals surface area (Å²) in [7, 11) is 1.66. The van der Waals surface area contributed by atoms with E-state index in [1.54, 1.807) is 18.9 Å². The molecule has 0 radical (unpaired) electrons. The van der Waals surface area contributed by atoms with Crippen LogP contribution in [-0.2, 0) is 6.42 Å². The lowest BCUT2D eigenvalue weighted by Gasteiger charge is -2.07. The Morgan fingerprint density at radius 2 is 2.29 bits per heavy atom. The summed E-state index contributed by atoms with van der Waals surface area (Å²) in [6.07, 6.45) is 0.963. The molecule has 0 aliphatic heterocycles. The van der Waals surface area contributed by atoms with Crippen LogP contribution in [0.2, 0.25) is 0 Å². The zero-order valence-electron chi connectivity index (χ0n) is 8.41. The highest BCUT2D eigenvalue weighted by atomic mass is 32.2. The van der Waals surface area contributed by atoms with Gasteiger partial charge in [-0.05, 0) is 30.2 Å². The van der Waals surface area contributed by atoms with Crippen molar-refractivity contribution >= 4 is 11.8 Å². The van der Waals surface area contributed by atoms with E-state index in [1.165, 1.54) is 10.5 Å². The van der Waals surface area contributed by atoms with Gasteiger partial charge in [0.15, 0.2) is 0 Å². The number of nitrogens with zero attached hydrogens (tertiary/aromatic N) is 1. The molecule has 0 spiro atoms. The third-order valence-electron chi connectivity index (χ3n) is 1.94. The molecule has 0 aromatic heterocycles. The lowest BCUT2D eigenvalue weighted by Crippen LogP contribution is -1.89. The second-order valence-corrected chi connectivity index (χ2v) is 3.79. The summed E-state index contributed by atoms with van der Waals surface area (Å²) < 4.78 is 5.14. The first kappa shape index (κ1) is 10.9. The molecular formula is C11H13NOS. The summed E-state index contributed by atoms with van der Waals surface area (Å²) in [5, 5.41) is 8.50. The van der Waals surface area contributed by atoms with Crippen molar-refractivity contribution in [3.05, 3.63) is 23.8 Å². The van der Waals surface area contributed by atoms with Gasteiger partial charge in [0.1, 0.15) is 5.75 Å². The molecule has 1 rings (SSSR count). The molecule has 1 aromatic carbocycles. The zero-order valence-corrected chi connectivity index (χ0v) is 9.23. The van der Waals surface area contributed by atoms with Crippen LogP contribution < -0.4 is 4.74 Å². The number of methoxy groups -OCH3 is 1. The lowest BCUT2D eigenvalue weighted by molar-refractivity contribution is 0.414. The van der Waals surface area contributed by atoms with Gasteiger partial charge in [-0.15, -0.1) is 11.8 Å². The van der Waals surface area contributed by atoms with Crippen LogP contribution >= 0.6 is 11.8 Å². The van der Waals surface area contributed by atoms with Crippen LogP contribution in [0.1, 0.15) is 12.5 Å². The van der Waals surface area contributed by atoms with Gasteiger partial charge in [0.2, 0.25) is 0 Å². The van der Waals surface area contributed by atoms with Crippen molar-refractivity contribution in [2.45, 2.75) is 18.2 Å². The number of hydrogen-bond acceptors (Lipinski definition) is 3. The zero-order chi connectivity index (χ0) is 10.4. The second-order valence-electron chi connectivity index (χ2n) is 2.77. The summed E-state index contributed by atoms with van der Waals surface area (Å²) in [5.74, 6) is 1.38. The Labute approximate surface area is 88.9 Å². The van der Waals surface area contributed by atoms with Gasteiger partial charge in [0, 0.05) is 4.90 Å². The van der Waals surface area contributed by atoms with Gasteiger partial charge in [0.05, 0.1) is 18.9 Å². The van der Waals surface area contributed by atoms with Crippen LogP contribution in [0, 0.1) is 11.3 Å². The van der Waals surface area contributed by atoms with E-state index in [0.717, 1.165) is 12.2 Å². The minimum Gasteiger partial charge on any atom is -0.497 e. The van der Waals surface area contributed by atoms with Crippen LogP contribution in [-0.4, -0.2) is 12.9 Å². The Balaban J connectivity index is 2.88. The third-order valence-corrected chi connectivity index (χ3v) is 2.92. The van der Waals surface area contributed by atoms with Crippen molar-refractivity contribution in [2.75, 3.05) is 12.9 Å². The number of nitriles is 1. The van der Waals surface area contributed by atoms with Crippen LogP contribution in [0.4, 0.5) is 0 Å². The molecule has 74 valence electrons. The van der Waals surface area contributed by atoms with E-state index in [2.05, 4.69) is 13.0 Å². The molecule has 14 heavy (non-hydrogen) atoms. The van der Waals surface area contributed by atoms with E-state index in [9.17, 15) is 0 Å². The largest absolute Gasteiger partial charge is 0.497 e. The summed E-state index contributed by atoms with van der Waals surface area (Å²) in [5.41, 5.74) is 1.24. The van der Waals surface area contributed by atoms with Gasteiger partial charge in [-0.3, -0.25) is 0 Å². The maximum Gasteiger partial charge on any atom is 0.119 e. The van der Waals surface area contributed by atoms with Gasteiger partial charge >= 0.3 is 0 Å². The molecule has 0 atom stereocenters. The number of benzene rings is 1. The van der Waals surface area contributed by atoms with E-state index >= 15 is 0 Å². The topological polar surface area (TPSA) is 33.0 Å². The molecule has 1 aromatic rings. The number of thioether (sulfide) groups is 1. The highest BCUT2D eigenvalue weighted by Gasteiger charge is 2.02. The average Bonchev–Trinajstić information content (AvgIpc) is 2.26. The first-order chi connectivity index (χ1) is 6.81. The minimum atomic E-state index is 0.499. The SMILES string of the molecule is CCc1cc(OC)ccc1SCC#N. The van der Waals surface area contributed by atoms with Gasteiger partial charge < -0.3 is 4.74 Å². The summed E-state index contributed by atoms with van der Waals surface area (Å²) in [6, 6.07) is 8.10. The molecule has 0 aliphatic carbocycles.